The third-order valence-corrected chi connectivity index (χ3v) is 4.30. The van der Waals surface area contributed by atoms with Crippen molar-refractivity contribution in [1.82, 2.24) is 0 Å². The number of hydrogen-bond acceptors (Lipinski definition) is 4. The van der Waals surface area contributed by atoms with Crippen molar-refractivity contribution < 1.29 is 19.0 Å². The highest BCUT2D eigenvalue weighted by molar-refractivity contribution is 5.76. The molecule has 4 heteroatoms. The summed E-state index contributed by atoms with van der Waals surface area (Å²) in [6, 6.07) is 5.51. The zero-order valence-corrected chi connectivity index (χ0v) is 13.1. The van der Waals surface area contributed by atoms with Gasteiger partial charge in [-0.15, -0.1) is 0 Å². The Hall–Kier alpha value is -1.71. The lowest BCUT2D eigenvalue weighted by molar-refractivity contribution is -0.158. The standard InChI is InChI=1S/C17H24O4/c1-17(9-5-4-6-10-17)16(18)21-12-13-7-8-14(19-2)11-15(13)20-3/h7-8,11H,4-6,9-10,12H2,1-3H3. The second-order valence-corrected chi connectivity index (χ2v) is 5.88. The van der Waals surface area contributed by atoms with E-state index < -0.39 is 0 Å². The van der Waals surface area contributed by atoms with E-state index in [0.717, 1.165) is 37.0 Å². The van der Waals surface area contributed by atoms with Crippen LogP contribution in [-0.4, -0.2) is 20.2 Å². The van der Waals surface area contributed by atoms with Gasteiger partial charge >= 0.3 is 5.97 Å². The summed E-state index contributed by atoms with van der Waals surface area (Å²) in [6.07, 6.45) is 5.28. The fourth-order valence-corrected chi connectivity index (χ4v) is 2.82. The van der Waals surface area contributed by atoms with Crippen LogP contribution in [-0.2, 0) is 16.1 Å². The van der Waals surface area contributed by atoms with Gasteiger partial charge in [0.25, 0.3) is 0 Å². The van der Waals surface area contributed by atoms with Gasteiger partial charge in [-0.05, 0) is 31.9 Å². The Kier molecular flexibility index (Phi) is 5.10. The minimum absolute atomic E-state index is 0.0972. The predicted molar refractivity (Wildman–Crippen MR) is 80.5 cm³/mol. The molecule has 0 bridgehead atoms. The predicted octanol–water partition coefficient (Wildman–Crippen LogP) is 3.72. The maximum atomic E-state index is 12.3. The molecule has 0 saturated heterocycles. The summed E-state index contributed by atoms with van der Waals surface area (Å²) in [5, 5.41) is 0. The van der Waals surface area contributed by atoms with Crippen LogP contribution in [0.4, 0.5) is 0 Å². The molecule has 21 heavy (non-hydrogen) atoms. The highest BCUT2D eigenvalue weighted by atomic mass is 16.5. The fraction of sp³-hybridized carbons (Fsp3) is 0.588. The van der Waals surface area contributed by atoms with Crippen LogP contribution in [0.5, 0.6) is 11.5 Å². The molecule has 0 radical (unpaired) electrons. The van der Waals surface area contributed by atoms with E-state index in [1.54, 1.807) is 20.3 Å². The van der Waals surface area contributed by atoms with Gasteiger partial charge in [0, 0.05) is 11.6 Å². The Morgan fingerprint density at radius 2 is 1.86 bits per heavy atom. The van der Waals surface area contributed by atoms with Crippen molar-refractivity contribution in [2.24, 2.45) is 5.41 Å². The van der Waals surface area contributed by atoms with E-state index in [9.17, 15) is 4.79 Å². The molecule has 0 aliphatic heterocycles. The number of ether oxygens (including phenoxy) is 3. The largest absolute Gasteiger partial charge is 0.497 e. The van der Waals surface area contributed by atoms with Crippen molar-refractivity contribution in [3.8, 4) is 11.5 Å². The van der Waals surface area contributed by atoms with Crippen molar-refractivity contribution in [3.05, 3.63) is 23.8 Å². The van der Waals surface area contributed by atoms with Crippen molar-refractivity contribution in [1.29, 1.82) is 0 Å². The van der Waals surface area contributed by atoms with Crippen molar-refractivity contribution >= 4 is 5.97 Å². The van der Waals surface area contributed by atoms with Gasteiger partial charge in [0.2, 0.25) is 0 Å². The second kappa shape index (κ2) is 6.83. The summed E-state index contributed by atoms with van der Waals surface area (Å²) in [7, 11) is 3.21. The van der Waals surface area contributed by atoms with Gasteiger partial charge in [-0.2, -0.15) is 0 Å². The smallest absolute Gasteiger partial charge is 0.312 e. The molecule has 0 atom stereocenters. The summed E-state index contributed by atoms with van der Waals surface area (Å²) in [6.45, 7) is 2.25. The van der Waals surface area contributed by atoms with E-state index >= 15 is 0 Å². The Balaban J connectivity index is 2.00. The Bertz CT molecular complexity index is 490. The number of methoxy groups -OCH3 is 2. The van der Waals surface area contributed by atoms with Gasteiger partial charge in [0.1, 0.15) is 18.1 Å². The topological polar surface area (TPSA) is 44.8 Å². The van der Waals surface area contributed by atoms with E-state index in [0.29, 0.717) is 5.75 Å². The molecule has 1 aliphatic carbocycles. The molecule has 1 saturated carbocycles. The minimum atomic E-state index is -0.321. The SMILES string of the molecule is COc1ccc(COC(=O)C2(C)CCCCC2)c(OC)c1. The first-order valence-corrected chi connectivity index (χ1v) is 7.47. The zero-order chi connectivity index (χ0) is 15.3. The third-order valence-electron chi connectivity index (χ3n) is 4.30. The number of benzene rings is 1. The van der Waals surface area contributed by atoms with Crippen LogP contribution in [0.2, 0.25) is 0 Å². The van der Waals surface area contributed by atoms with E-state index in [2.05, 4.69) is 0 Å². The van der Waals surface area contributed by atoms with Crippen LogP contribution in [0, 0.1) is 5.41 Å². The normalized spacial score (nSPS) is 17.1. The van der Waals surface area contributed by atoms with Gasteiger partial charge in [-0.25, -0.2) is 0 Å². The minimum Gasteiger partial charge on any atom is -0.497 e. The highest BCUT2D eigenvalue weighted by Gasteiger charge is 2.36. The van der Waals surface area contributed by atoms with Crippen LogP contribution < -0.4 is 9.47 Å². The molecule has 1 aliphatic rings. The molecule has 0 heterocycles. The molecule has 0 aromatic heterocycles. The number of esters is 1. The molecule has 2 rings (SSSR count). The first kappa shape index (κ1) is 15.7. The third kappa shape index (κ3) is 3.69. The van der Waals surface area contributed by atoms with Crippen LogP contribution >= 0.6 is 0 Å². The lowest BCUT2D eigenvalue weighted by atomic mass is 9.76. The quantitative estimate of drug-likeness (QED) is 0.776. The molecule has 1 aromatic rings. The fourth-order valence-electron chi connectivity index (χ4n) is 2.82. The van der Waals surface area contributed by atoms with Gasteiger partial charge in [-0.1, -0.05) is 19.3 Å². The van der Waals surface area contributed by atoms with E-state index in [1.807, 2.05) is 19.1 Å². The molecule has 0 amide bonds. The lowest BCUT2D eigenvalue weighted by Crippen LogP contribution is -2.31. The Labute approximate surface area is 126 Å². The van der Waals surface area contributed by atoms with Crippen LogP contribution in [0.1, 0.15) is 44.6 Å². The maximum absolute atomic E-state index is 12.3. The summed E-state index contributed by atoms with van der Waals surface area (Å²) in [5.41, 5.74) is 0.531. The van der Waals surface area contributed by atoms with Gasteiger partial charge < -0.3 is 14.2 Å². The van der Waals surface area contributed by atoms with Crippen LogP contribution in [0.15, 0.2) is 18.2 Å². The van der Waals surface area contributed by atoms with Crippen LogP contribution in [0.25, 0.3) is 0 Å². The Morgan fingerprint density at radius 1 is 1.14 bits per heavy atom. The summed E-state index contributed by atoms with van der Waals surface area (Å²) in [5.74, 6) is 1.30. The summed E-state index contributed by atoms with van der Waals surface area (Å²) in [4.78, 5) is 12.3. The average Bonchev–Trinajstić information content (AvgIpc) is 2.53. The second-order valence-electron chi connectivity index (χ2n) is 5.88. The summed E-state index contributed by atoms with van der Waals surface area (Å²) < 4.78 is 16.0. The van der Waals surface area contributed by atoms with E-state index in [4.69, 9.17) is 14.2 Å². The first-order chi connectivity index (χ1) is 10.1. The molecule has 0 unspecified atom stereocenters. The van der Waals surface area contributed by atoms with E-state index in [1.165, 1.54) is 6.42 Å². The van der Waals surface area contributed by atoms with Crippen molar-refractivity contribution in [2.75, 3.05) is 14.2 Å². The summed E-state index contributed by atoms with van der Waals surface area (Å²) >= 11 is 0. The molecule has 116 valence electrons. The number of hydrogen-bond donors (Lipinski definition) is 0. The average molecular weight is 292 g/mol. The van der Waals surface area contributed by atoms with Crippen molar-refractivity contribution in [2.45, 2.75) is 45.6 Å². The number of carbonyl (C=O) groups is 1. The maximum Gasteiger partial charge on any atom is 0.312 e. The Morgan fingerprint density at radius 3 is 2.48 bits per heavy atom. The first-order valence-electron chi connectivity index (χ1n) is 7.47. The highest BCUT2D eigenvalue weighted by Crippen LogP contribution is 2.37. The zero-order valence-electron chi connectivity index (χ0n) is 13.1. The monoisotopic (exact) mass is 292 g/mol. The molecule has 1 aromatic carbocycles. The molecule has 4 nitrogen and oxygen atoms in total. The van der Waals surface area contributed by atoms with Crippen LogP contribution in [0.3, 0.4) is 0 Å². The number of rotatable bonds is 5. The molecule has 0 N–H and O–H groups in total. The number of carbonyl (C=O) groups excluding carboxylic acids is 1. The molecule has 0 spiro atoms. The molecular formula is C17H24O4. The molecular weight excluding hydrogens is 268 g/mol. The van der Waals surface area contributed by atoms with Gasteiger partial charge in [-0.3, -0.25) is 4.79 Å². The molecule has 1 fully saturated rings. The lowest BCUT2D eigenvalue weighted by Gasteiger charge is -2.31. The van der Waals surface area contributed by atoms with E-state index in [-0.39, 0.29) is 18.0 Å². The van der Waals surface area contributed by atoms with Crippen molar-refractivity contribution in [3.63, 3.8) is 0 Å². The van der Waals surface area contributed by atoms with Gasteiger partial charge in [0.15, 0.2) is 0 Å². The van der Waals surface area contributed by atoms with Gasteiger partial charge in [0.05, 0.1) is 19.6 Å².